The lowest BCUT2D eigenvalue weighted by Crippen LogP contribution is -2.42. The summed E-state index contributed by atoms with van der Waals surface area (Å²) >= 11 is 0. The SMILES string of the molecule is Cc1cncc(OC2CCN(c3nccn(C)c3=O)CC2)n1. The molecular weight excluding hydrogens is 282 g/mol. The summed E-state index contributed by atoms with van der Waals surface area (Å²) in [5.74, 6) is 1.07. The van der Waals surface area contributed by atoms with E-state index in [0.29, 0.717) is 11.7 Å². The van der Waals surface area contributed by atoms with Gasteiger partial charge in [-0.2, -0.15) is 0 Å². The van der Waals surface area contributed by atoms with Crippen molar-refractivity contribution in [2.24, 2.45) is 7.05 Å². The van der Waals surface area contributed by atoms with Crippen LogP contribution >= 0.6 is 0 Å². The molecule has 1 fully saturated rings. The van der Waals surface area contributed by atoms with E-state index in [-0.39, 0.29) is 11.7 Å². The van der Waals surface area contributed by atoms with Crippen molar-refractivity contribution in [3.05, 3.63) is 40.8 Å². The van der Waals surface area contributed by atoms with Crippen LogP contribution in [0.2, 0.25) is 0 Å². The van der Waals surface area contributed by atoms with Crippen LogP contribution in [-0.2, 0) is 7.05 Å². The maximum absolute atomic E-state index is 12.1. The third-order valence-electron chi connectivity index (χ3n) is 3.76. The zero-order valence-electron chi connectivity index (χ0n) is 12.8. The molecule has 0 N–H and O–H groups in total. The zero-order valence-corrected chi connectivity index (χ0v) is 12.8. The number of hydrogen-bond acceptors (Lipinski definition) is 6. The molecule has 0 saturated carbocycles. The van der Waals surface area contributed by atoms with Crippen LogP contribution in [0.3, 0.4) is 0 Å². The summed E-state index contributed by atoms with van der Waals surface area (Å²) in [6.45, 7) is 3.38. The van der Waals surface area contributed by atoms with Crippen LogP contribution in [0.5, 0.6) is 5.88 Å². The number of anilines is 1. The Kier molecular flexibility index (Phi) is 4.04. The zero-order chi connectivity index (χ0) is 15.5. The molecule has 0 amide bonds. The fraction of sp³-hybridized carbons (Fsp3) is 0.467. The van der Waals surface area contributed by atoms with Gasteiger partial charge < -0.3 is 14.2 Å². The van der Waals surface area contributed by atoms with E-state index in [0.717, 1.165) is 31.6 Å². The summed E-state index contributed by atoms with van der Waals surface area (Å²) in [7, 11) is 1.74. The van der Waals surface area contributed by atoms with E-state index >= 15 is 0 Å². The van der Waals surface area contributed by atoms with Crippen molar-refractivity contribution < 1.29 is 4.74 Å². The fourth-order valence-corrected chi connectivity index (χ4v) is 2.55. The first-order chi connectivity index (χ1) is 10.6. The van der Waals surface area contributed by atoms with E-state index in [1.54, 1.807) is 36.4 Å². The van der Waals surface area contributed by atoms with Gasteiger partial charge in [-0.3, -0.25) is 9.78 Å². The number of piperidine rings is 1. The van der Waals surface area contributed by atoms with Gasteiger partial charge in [-0.1, -0.05) is 0 Å². The van der Waals surface area contributed by atoms with Crippen LogP contribution in [0.15, 0.2) is 29.6 Å². The molecule has 116 valence electrons. The van der Waals surface area contributed by atoms with Crippen LogP contribution in [0.1, 0.15) is 18.5 Å². The Bertz CT molecular complexity index is 707. The summed E-state index contributed by atoms with van der Waals surface area (Å²) in [6.07, 6.45) is 8.41. The minimum Gasteiger partial charge on any atom is -0.473 e. The third-order valence-corrected chi connectivity index (χ3v) is 3.76. The lowest BCUT2D eigenvalue weighted by atomic mass is 10.1. The summed E-state index contributed by atoms with van der Waals surface area (Å²) in [5.41, 5.74) is 0.776. The number of ether oxygens (including phenoxy) is 1. The van der Waals surface area contributed by atoms with E-state index in [1.807, 2.05) is 11.8 Å². The molecule has 2 aromatic rings. The average molecular weight is 301 g/mol. The molecule has 3 heterocycles. The van der Waals surface area contributed by atoms with E-state index in [2.05, 4.69) is 15.0 Å². The number of nitrogens with zero attached hydrogens (tertiary/aromatic N) is 5. The standard InChI is InChI=1S/C15H19N5O2/c1-11-9-16-10-13(18-11)22-12-3-6-20(7-4-12)14-15(21)19(2)8-5-17-14/h5,8-10,12H,3-4,6-7H2,1-2H3. The van der Waals surface area contributed by atoms with Gasteiger partial charge in [0.2, 0.25) is 5.88 Å². The van der Waals surface area contributed by atoms with Crippen molar-refractivity contribution >= 4 is 5.82 Å². The quantitative estimate of drug-likeness (QED) is 0.839. The first-order valence-electron chi connectivity index (χ1n) is 7.35. The predicted octanol–water partition coefficient (Wildman–Crippen LogP) is 0.927. The molecule has 1 aliphatic rings. The molecule has 0 unspecified atom stereocenters. The van der Waals surface area contributed by atoms with Crippen LogP contribution in [0.4, 0.5) is 5.82 Å². The molecule has 0 aliphatic carbocycles. The largest absolute Gasteiger partial charge is 0.473 e. The molecule has 0 spiro atoms. The number of rotatable bonds is 3. The van der Waals surface area contributed by atoms with Gasteiger partial charge in [-0.25, -0.2) is 9.97 Å². The maximum atomic E-state index is 12.1. The Labute approximate surface area is 128 Å². The molecule has 0 radical (unpaired) electrons. The van der Waals surface area contributed by atoms with Gasteiger partial charge in [0.25, 0.3) is 5.56 Å². The number of aromatic nitrogens is 4. The fourth-order valence-electron chi connectivity index (χ4n) is 2.55. The van der Waals surface area contributed by atoms with Crippen molar-refractivity contribution in [3.8, 4) is 5.88 Å². The summed E-state index contributed by atoms with van der Waals surface area (Å²) < 4.78 is 7.42. The molecule has 0 aromatic carbocycles. The van der Waals surface area contributed by atoms with Crippen molar-refractivity contribution in [1.29, 1.82) is 0 Å². The molecule has 22 heavy (non-hydrogen) atoms. The van der Waals surface area contributed by atoms with Crippen molar-refractivity contribution in [1.82, 2.24) is 19.5 Å². The molecule has 2 aromatic heterocycles. The van der Waals surface area contributed by atoms with Gasteiger partial charge in [0.1, 0.15) is 6.10 Å². The summed E-state index contributed by atoms with van der Waals surface area (Å²) in [4.78, 5) is 26.7. The molecule has 7 nitrogen and oxygen atoms in total. The highest BCUT2D eigenvalue weighted by Gasteiger charge is 2.23. The highest BCUT2D eigenvalue weighted by Crippen LogP contribution is 2.19. The molecular formula is C15H19N5O2. The smallest absolute Gasteiger partial charge is 0.293 e. The number of hydrogen-bond donors (Lipinski definition) is 0. The van der Waals surface area contributed by atoms with Crippen LogP contribution in [-0.4, -0.2) is 38.7 Å². The van der Waals surface area contributed by atoms with Gasteiger partial charge in [0.05, 0.1) is 11.9 Å². The normalized spacial score (nSPS) is 15.8. The Hall–Kier alpha value is -2.44. The van der Waals surface area contributed by atoms with Gasteiger partial charge in [-0.15, -0.1) is 0 Å². The lowest BCUT2D eigenvalue weighted by molar-refractivity contribution is 0.162. The third kappa shape index (κ3) is 3.08. The van der Waals surface area contributed by atoms with Crippen molar-refractivity contribution in [2.75, 3.05) is 18.0 Å². The molecule has 0 bridgehead atoms. The van der Waals surface area contributed by atoms with Gasteiger partial charge in [0, 0.05) is 51.6 Å². The highest BCUT2D eigenvalue weighted by atomic mass is 16.5. The van der Waals surface area contributed by atoms with Crippen molar-refractivity contribution in [2.45, 2.75) is 25.9 Å². The average Bonchev–Trinajstić information content (AvgIpc) is 2.51. The van der Waals surface area contributed by atoms with Crippen LogP contribution in [0.25, 0.3) is 0 Å². The van der Waals surface area contributed by atoms with E-state index in [9.17, 15) is 4.79 Å². The molecule has 3 rings (SSSR count). The lowest BCUT2D eigenvalue weighted by Gasteiger charge is -2.32. The predicted molar refractivity (Wildman–Crippen MR) is 82.1 cm³/mol. The maximum Gasteiger partial charge on any atom is 0.293 e. The van der Waals surface area contributed by atoms with E-state index < -0.39 is 0 Å². The highest BCUT2D eigenvalue weighted by molar-refractivity contribution is 5.36. The van der Waals surface area contributed by atoms with Gasteiger partial charge >= 0.3 is 0 Å². The van der Waals surface area contributed by atoms with Crippen LogP contribution < -0.4 is 15.2 Å². The molecule has 7 heteroatoms. The van der Waals surface area contributed by atoms with Crippen LogP contribution in [0, 0.1) is 6.92 Å². The Morgan fingerprint density at radius 3 is 2.77 bits per heavy atom. The summed E-state index contributed by atoms with van der Waals surface area (Å²) in [5, 5.41) is 0. The second-order valence-corrected chi connectivity index (χ2v) is 5.47. The second kappa shape index (κ2) is 6.13. The van der Waals surface area contributed by atoms with E-state index in [4.69, 9.17) is 4.74 Å². The second-order valence-electron chi connectivity index (χ2n) is 5.47. The van der Waals surface area contributed by atoms with Gasteiger partial charge in [0.15, 0.2) is 5.82 Å². The molecule has 0 atom stereocenters. The first kappa shape index (κ1) is 14.5. The Morgan fingerprint density at radius 2 is 2.05 bits per heavy atom. The summed E-state index contributed by atoms with van der Waals surface area (Å²) in [6, 6.07) is 0. The molecule has 1 saturated heterocycles. The molecule has 1 aliphatic heterocycles. The Morgan fingerprint density at radius 1 is 1.27 bits per heavy atom. The monoisotopic (exact) mass is 301 g/mol. The number of aryl methyl sites for hydroxylation is 2. The Balaban J connectivity index is 1.63. The minimum atomic E-state index is -0.0635. The first-order valence-corrected chi connectivity index (χ1v) is 7.35. The van der Waals surface area contributed by atoms with E-state index in [1.165, 1.54) is 0 Å². The topological polar surface area (TPSA) is 73.1 Å². The van der Waals surface area contributed by atoms with Gasteiger partial charge in [-0.05, 0) is 6.92 Å². The van der Waals surface area contributed by atoms with Crippen molar-refractivity contribution in [3.63, 3.8) is 0 Å². The minimum absolute atomic E-state index is 0.0635.